The number of allylic oxidation sites excluding steroid dienone is 1. The fraction of sp³-hybridized carbons (Fsp3) is 0.278. The third kappa shape index (κ3) is 8.16. The van der Waals surface area contributed by atoms with Crippen LogP contribution in [0.2, 0.25) is 0 Å². The molecular weight excluding hydrogens is 763 g/mol. The summed E-state index contributed by atoms with van der Waals surface area (Å²) >= 11 is 3.46. The lowest BCUT2D eigenvalue weighted by Crippen LogP contribution is -2.40. The SMILES string of the molecule is CCOC(=O)C1=C(C)N=c2s/c(=C\c3ccc(OCc4ccc(I)cc4)c(OC)c3)c(=O)n2[C@@H]1c1ccc(OCC(=O)OC)c(OCC)c1. The number of ether oxygens (including phenoxy) is 6. The number of carbonyl (C=O) groups excluding carboxylic acids is 2. The van der Waals surface area contributed by atoms with Crippen LogP contribution in [-0.4, -0.2) is 50.5 Å². The Morgan fingerprint density at radius 1 is 0.918 bits per heavy atom. The third-order valence-corrected chi connectivity index (χ3v) is 9.17. The van der Waals surface area contributed by atoms with Gasteiger partial charge < -0.3 is 28.4 Å². The second-order valence-corrected chi connectivity index (χ2v) is 12.9. The summed E-state index contributed by atoms with van der Waals surface area (Å²) < 4.78 is 36.3. The minimum Gasteiger partial charge on any atom is -0.493 e. The molecule has 1 aliphatic rings. The summed E-state index contributed by atoms with van der Waals surface area (Å²) in [6.07, 6.45) is 1.76. The highest BCUT2D eigenvalue weighted by molar-refractivity contribution is 14.1. The van der Waals surface area contributed by atoms with Crippen LogP contribution in [0.4, 0.5) is 0 Å². The number of carbonyl (C=O) groups is 2. The first kappa shape index (κ1) is 35.7. The molecule has 0 amide bonds. The molecule has 0 unspecified atom stereocenters. The van der Waals surface area contributed by atoms with Crippen molar-refractivity contribution in [2.45, 2.75) is 33.4 Å². The van der Waals surface area contributed by atoms with E-state index in [4.69, 9.17) is 23.7 Å². The number of halogens is 1. The van der Waals surface area contributed by atoms with E-state index in [9.17, 15) is 14.4 Å². The average Bonchev–Trinajstić information content (AvgIpc) is 3.40. The van der Waals surface area contributed by atoms with E-state index in [1.54, 1.807) is 57.4 Å². The van der Waals surface area contributed by atoms with Crippen LogP contribution < -0.4 is 33.8 Å². The number of methoxy groups -OCH3 is 2. The number of esters is 2. The lowest BCUT2D eigenvalue weighted by molar-refractivity contribution is -0.143. The van der Waals surface area contributed by atoms with Crippen LogP contribution >= 0.6 is 33.9 Å². The topological polar surface area (TPSA) is 124 Å². The van der Waals surface area contributed by atoms with Gasteiger partial charge in [-0.3, -0.25) is 9.36 Å². The van der Waals surface area contributed by atoms with Crippen molar-refractivity contribution >= 4 is 51.9 Å². The Kier molecular flexibility index (Phi) is 11.8. The van der Waals surface area contributed by atoms with E-state index < -0.39 is 18.0 Å². The molecule has 0 saturated carbocycles. The molecule has 0 N–H and O–H groups in total. The molecule has 2 heterocycles. The molecule has 11 nitrogen and oxygen atoms in total. The van der Waals surface area contributed by atoms with Gasteiger partial charge in [-0.1, -0.05) is 35.6 Å². The van der Waals surface area contributed by atoms with E-state index in [1.807, 2.05) is 37.3 Å². The zero-order valence-electron chi connectivity index (χ0n) is 27.6. The Morgan fingerprint density at radius 3 is 2.35 bits per heavy atom. The predicted molar refractivity (Wildman–Crippen MR) is 192 cm³/mol. The highest BCUT2D eigenvalue weighted by Gasteiger charge is 2.34. The van der Waals surface area contributed by atoms with E-state index in [0.717, 1.165) is 9.13 Å². The molecule has 1 aliphatic heterocycles. The maximum Gasteiger partial charge on any atom is 0.343 e. The van der Waals surface area contributed by atoms with Crippen molar-refractivity contribution in [3.8, 4) is 23.0 Å². The van der Waals surface area contributed by atoms with Crippen molar-refractivity contribution < 1.29 is 38.0 Å². The van der Waals surface area contributed by atoms with Crippen LogP contribution in [0.1, 0.15) is 43.5 Å². The summed E-state index contributed by atoms with van der Waals surface area (Å²) in [6.45, 7) is 5.74. The second-order valence-electron chi connectivity index (χ2n) is 10.6. The fourth-order valence-electron chi connectivity index (χ4n) is 5.17. The first-order valence-corrected chi connectivity index (χ1v) is 17.3. The van der Waals surface area contributed by atoms with Gasteiger partial charge in [-0.05, 0) is 103 Å². The quantitative estimate of drug-likeness (QED) is 0.137. The molecule has 1 aromatic heterocycles. The third-order valence-electron chi connectivity index (χ3n) is 7.47. The predicted octanol–water partition coefficient (Wildman–Crippen LogP) is 4.94. The molecule has 0 saturated heterocycles. The molecule has 4 aromatic rings. The molecule has 0 aliphatic carbocycles. The van der Waals surface area contributed by atoms with Crippen molar-refractivity contribution in [2.75, 3.05) is 34.0 Å². The highest BCUT2D eigenvalue weighted by Crippen LogP contribution is 2.36. The molecule has 0 bridgehead atoms. The number of hydrogen-bond donors (Lipinski definition) is 0. The fourth-order valence-corrected chi connectivity index (χ4v) is 6.58. The van der Waals surface area contributed by atoms with Gasteiger partial charge in [0, 0.05) is 3.57 Å². The maximum absolute atomic E-state index is 14.2. The Labute approximate surface area is 300 Å². The van der Waals surface area contributed by atoms with Crippen LogP contribution in [0.15, 0.2) is 81.7 Å². The molecular formula is C36H35IN2O9S. The molecule has 1 atom stereocenters. The van der Waals surface area contributed by atoms with Gasteiger partial charge in [-0.2, -0.15) is 0 Å². The minimum absolute atomic E-state index is 0.142. The highest BCUT2D eigenvalue weighted by atomic mass is 127. The Morgan fingerprint density at radius 2 is 1.65 bits per heavy atom. The molecule has 256 valence electrons. The number of aromatic nitrogens is 1. The van der Waals surface area contributed by atoms with Gasteiger partial charge in [-0.15, -0.1) is 0 Å². The van der Waals surface area contributed by atoms with Gasteiger partial charge in [0.2, 0.25) is 0 Å². The van der Waals surface area contributed by atoms with Gasteiger partial charge in [0.25, 0.3) is 5.56 Å². The first-order chi connectivity index (χ1) is 23.7. The molecule has 0 radical (unpaired) electrons. The van der Waals surface area contributed by atoms with Gasteiger partial charge >= 0.3 is 11.9 Å². The van der Waals surface area contributed by atoms with Crippen molar-refractivity contribution in [1.82, 2.24) is 4.57 Å². The van der Waals surface area contributed by atoms with E-state index >= 15 is 0 Å². The summed E-state index contributed by atoms with van der Waals surface area (Å²) in [5.74, 6) is 0.588. The largest absolute Gasteiger partial charge is 0.493 e. The number of rotatable bonds is 13. The normalized spacial score (nSPS) is 14.1. The van der Waals surface area contributed by atoms with E-state index in [1.165, 1.54) is 23.0 Å². The van der Waals surface area contributed by atoms with Crippen molar-refractivity contribution in [2.24, 2.45) is 4.99 Å². The van der Waals surface area contributed by atoms with E-state index in [-0.39, 0.29) is 24.3 Å². The van der Waals surface area contributed by atoms with Crippen molar-refractivity contribution in [1.29, 1.82) is 0 Å². The summed E-state index contributed by atoms with van der Waals surface area (Å²) in [5, 5.41) is 0. The lowest BCUT2D eigenvalue weighted by atomic mass is 9.95. The number of nitrogens with zero attached hydrogens (tertiary/aromatic N) is 2. The van der Waals surface area contributed by atoms with Crippen LogP contribution in [0.25, 0.3) is 6.08 Å². The Bertz CT molecular complexity index is 2070. The summed E-state index contributed by atoms with van der Waals surface area (Å²) in [6, 6.07) is 17.7. The summed E-state index contributed by atoms with van der Waals surface area (Å²) in [5.41, 5.74) is 2.61. The Balaban J connectivity index is 1.55. The minimum atomic E-state index is -0.877. The van der Waals surface area contributed by atoms with Crippen molar-refractivity contribution in [3.63, 3.8) is 0 Å². The number of hydrogen-bond acceptors (Lipinski definition) is 11. The number of thiazole rings is 1. The number of fused-ring (bicyclic) bond motifs is 1. The van der Waals surface area contributed by atoms with Crippen molar-refractivity contribution in [3.05, 3.63) is 112 Å². The molecule has 3 aromatic carbocycles. The Hall–Kier alpha value is -4.63. The second kappa shape index (κ2) is 16.2. The summed E-state index contributed by atoms with van der Waals surface area (Å²) in [7, 11) is 2.83. The molecule has 0 fully saturated rings. The van der Waals surface area contributed by atoms with E-state index in [2.05, 4.69) is 32.3 Å². The monoisotopic (exact) mass is 798 g/mol. The molecule has 5 rings (SSSR count). The van der Waals surface area contributed by atoms with Gasteiger partial charge in [0.15, 0.2) is 34.4 Å². The van der Waals surface area contributed by atoms with E-state index in [0.29, 0.717) is 62.4 Å². The standard InChI is InChI=1S/C36H35IN2O9S/c1-6-45-29-18-24(11-15-27(29)48-20-31(40)44-5)33-32(35(42)46-7-2)21(3)38-36-39(33)34(41)30(49-36)17-23-10-14-26(28(16-23)43-4)47-19-22-8-12-25(37)13-9-22/h8-18,33H,6-7,19-20H2,1-5H3/b30-17-/t33-/m1/s1. The maximum atomic E-state index is 14.2. The van der Waals surface area contributed by atoms with Crippen LogP contribution in [0.5, 0.6) is 23.0 Å². The van der Waals surface area contributed by atoms with Crippen LogP contribution in [-0.2, 0) is 25.7 Å². The van der Waals surface area contributed by atoms with Crippen LogP contribution in [0, 0.1) is 3.57 Å². The zero-order chi connectivity index (χ0) is 35.1. The zero-order valence-corrected chi connectivity index (χ0v) is 30.6. The lowest BCUT2D eigenvalue weighted by Gasteiger charge is -2.25. The van der Waals surface area contributed by atoms with Crippen LogP contribution in [0.3, 0.4) is 0 Å². The first-order valence-electron chi connectivity index (χ1n) is 15.4. The molecule has 49 heavy (non-hydrogen) atoms. The number of benzene rings is 3. The molecule has 0 spiro atoms. The smallest absolute Gasteiger partial charge is 0.343 e. The average molecular weight is 799 g/mol. The molecule has 13 heteroatoms. The van der Waals surface area contributed by atoms with Gasteiger partial charge in [-0.25, -0.2) is 14.6 Å². The van der Waals surface area contributed by atoms with Gasteiger partial charge in [0.05, 0.1) is 49.3 Å². The summed E-state index contributed by atoms with van der Waals surface area (Å²) in [4.78, 5) is 44.3. The van der Waals surface area contributed by atoms with Gasteiger partial charge in [0.1, 0.15) is 6.61 Å².